The minimum Gasteiger partial charge on any atom is -0.369 e. The Morgan fingerprint density at radius 2 is 1.72 bits per heavy atom. The summed E-state index contributed by atoms with van der Waals surface area (Å²) in [6.07, 6.45) is 3.16. The molecule has 0 aliphatic carbocycles. The molecular formula is C18H19Cl2N5. The van der Waals surface area contributed by atoms with Crippen molar-refractivity contribution in [2.45, 2.75) is 6.54 Å². The lowest BCUT2D eigenvalue weighted by molar-refractivity contribution is 0.643. The van der Waals surface area contributed by atoms with Crippen molar-refractivity contribution in [2.75, 3.05) is 14.1 Å². The molecule has 0 aliphatic rings. The van der Waals surface area contributed by atoms with Crippen LogP contribution in [0.15, 0.2) is 63.7 Å². The summed E-state index contributed by atoms with van der Waals surface area (Å²) in [5, 5.41) is 12.4. The lowest BCUT2D eigenvalue weighted by Gasteiger charge is -2.06. The van der Waals surface area contributed by atoms with Crippen LogP contribution in [-0.2, 0) is 6.54 Å². The third-order valence-electron chi connectivity index (χ3n) is 3.04. The lowest BCUT2D eigenvalue weighted by atomic mass is 10.2. The molecule has 7 heteroatoms. The van der Waals surface area contributed by atoms with Crippen LogP contribution in [0, 0.1) is 0 Å². The monoisotopic (exact) mass is 375 g/mol. The maximum Gasteiger partial charge on any atom is 0.244 e. The standard InChI is InChI=1S/C18H19Cl2N5/c1-25(2)13-22-18(21-11-14-7-4-3-5-8-14)24-23-12-15-16(19)9-6-10-17(15)20/h3-10,12-13H,11H2,1-2H3,(H,21,24)/b22-13-,23-12+. The summed E-state index contributed by atoms with van der Waals surface area (Å²) in [5.41, 5.74) is 1.74. The number of rotatable bonds is 5. The van der Waals surface area contributed by atoms with E-state index in [0.717, 1.165) is 5.56 Å². The van der Waals surface area contributed by atoms with Gasteiger partial charge in [0.25, 0.3) is 0 Å². The normalized spacial score (nSPS) is 12.1. The van der Waals surface area contributed by atoms with Crippen molar-refractivity contribution in [3.05, 3.63) is 69.7 Å². The first kappa shape index (κ1) is 19.0. The smallest absolute Gasteiger partial charge is 0.244 e. The molecule has 2 rings (SSSR count). The van der Waals surface area contributed by atoms with Crippen LogP contribution in [0.1, 0.15) is 11.1 Å². The highest BCUT2D eigenvalue weighted by Gasteiger charge is 2.02. The van der Waals surface area contributed by atoms with E-state index in [-0.39, 0.29) is 0 Å². The summed E-state index contributed by atoms with van der Waals surface area (Å²) in [4.78, 5) is 6.09. The van der Waals surface area contributed by atoms with Gasteiger partial charge in [0.1, 0.15) is 0 Å². The fourth-order valence-electron chi connectivity index (χ4n) is 1.83. The van der Waals surface area contributed by atoms with Gasteiger partial charge in [-0.2, -0.15) is 5.10 Å². The Balaban J connectivity index is 2.13. The van der Waals surface area contributed by atoms with Crippen LogP contribution in [-0.4, -0.2) is 37.5 Å². The second-order valence-corrected chi connectivity index (χ2v) is 6.17. The summed E-state index contributed by atoms with van der Waals surface area (Å²) < 4.78 is 0. The minimum atomic E-state index is 0.386. The Morgan fingerprint density at radius 1 is 1.04 bits per heavy atom. The molecule has 130 valence electrons. The quantitative estimate of drug-likeness (QED) is 0.486. The Kier molecular flexibility index (Phi) is 7.44. The number of benzene rings is 2. The van der Waals surface area contributed by atoms with Gasteiger partial charge < -0.3 is 10.2 Å². The Hall–Kier alpha value is -2.37. The number of nitrogens with zero attached hydrogens (tertiary/aromatic N) is 4. The Labute approximate surface area is 157 Å². The zero-order chi connectivity index (χ0) is 18.1. The molecule has 0 aromatic heterocycles. The predicted octanol–water partition coefficient (Wildman–Crippen LogP) is 4.06. The van der Waals surface area contributed by atoms with Crippen LogP contribution in [0.25, 0.3) is 0 Å². The SMILES string of the molecule is CN(C)\C=N/C(=N\N=C\c1c(Cl)cccc1Cl)NCc1ccccc1. The van der Waals surface area contributed by atoms with Crippen molar-refractivity contribution < 1.29 is 0 Å². The molecule has 0 bridgehead atoms. The largest absolute Gasteiger partial charge is 0.369 e. The maximum atomic E-state index is 6.11. The molecule has 2 aromatic carbocycles. The van der Waals surface area contributed by atoms with Crippen LogP contribution < -0.4 is 5.32 Å². The van der Waals surface area contributed by atoms with Gasteiger partial charge in [0.2, 0.25) is 5.96 Å². The average Bonchev–Trinajstić information content (AvgIpc) is 2.60. The number of halogens is 2. The first-order valence-corrected chi connectivity index (χ1v) is 8.35. The van der Waals surface area contributed by atoms with Gasteiger partial charge in [-0.1, -0.05) is 59.6 Å². The van der Waals surface area contributed by atoms with E-state index < -0.39 is 0 Å². The van der Waals surface area contributed by atoms with Crippen molar-refractivity contribution >= 4 is 41.7 Å². The minimum absolute atomic E-state index is 0.386. The van der Waals surface area contributed by atoms with Crippen LogP contribution in [0.3, 0.4) is 0 Å². The molecule has 5 nitrogen and oxygen atoms in total. The fraction of sp³-hybridized carbons (Fsp3) is 0.167. The second kappa shape index (κ2) is 9.81. The van der Waals surface area contributed by atoms with Crippen LogP contribution in [0.2, 0.25) is 10.0 Å². The number of hydrogen-bond acceptors (Lipinski definition) is 2. The molecule has 0 radical (unpaired) electrons. The predicted molar refractivity (Wildman–Crippen MR) is 107 cm³/mol. The second-order valence-electron chi connectivity index (χ2n) is 5.35. The topological polar surface area (TPSA) is 52.4 Å². The molecule has 0 unspecified atom stereocenters. The molecule has 0 spiro atoms. The Bertz CT molecular complexity index is 750. The van der Waals surface area contributed by atoms with Crippen molar-refractivity contribution in [3.8, 4) is 0 Å². The van der Waals surface area contributed by atoms with Gasteiger partial charge in [-0.05, 0) is 17.7 Å². The molecule has 2 aromatic rings. The summed E-state index contributed by atoms with van der Waals surface area (Å²) >= 11 is 12.2. The van der Waals surface area contributed by atoms with Crippen molar-refractivity contribution in [2.24, 2.45) is 15.2 Å². The highest BCUT2D eigenvalue weighted by Crippen LogP contribution is 2.22. The maximum absolute atomic E-state index is 6.11. The van der Waals surface area contributed by atoms with Crippen LogP contribution in [0.5, 0.6) is 0 Å². The summed E-state index contributed by atoms with van der Waals surface area (Å²) in [6.45, 7) is 0.590. The lowest BCUT2D eigenvalue weighted by Crippen LogP contribution is -2.22. The van der Waals surface area contributed by atoms with Crippen molar-refractivity contribution in [1.82, 2.24) is 10.2 Å². The van der Waals surface area contributed by atoms with Crippen LogP contribution >= 0.6 is 23.2 Å². The number of hydrogen-bond donors (Lipinski definition) is 1. The molecule has 0 heterocycles. The molecule has 0 fully saturated rings. The molecule has 0 saturated heterocycles. The molecule has 0 atom stereocenters. The van der Waals surface area contributed by atoms with Gasteiger partial charge in [-0.3, -0.25) is 0 Å². The zero-order valence-corrected chi connectivity index (χ0v) is 15.5. The van der Waals surface area contributed by atoms with Gasteiger partial charge in [0, 0.05) is 26.2 Å². The summed E-state index contributed by atoms with van der Waals surface area (Å²) in [6, 6.07) is 15.2. The van der Waals surface area contributed by atoms with Crippen LogP contribution in [0.4, 0.5) is 0 Å². The molecular weight excluding hydrogens is 357 g/mol. The summed E-state index contributed by atoms with van der Waals surface area (Å²) in [7, 11) is 3.76. The first-order valence-electron chi connectivity index (χ1n) is 7.59. The van der Waals surface area contributed by atoms with E-state index in [4.69, 9.17) is 23.2 Å². The highest BCUT2D eigenvalue weighted by molar-refractivity contribution is 6.38. The number of aliphatic imine (C=N–C) groups is 1. The molecule has 0 amide bonds. The molecule has 25 heavy (non-hydrogen) atoms. The van der Waals surface area contributed by atoms with Gasteiger partial charge in [-0.25, -0.2) is 4.99 Å². The third-order valence-corrected chi connectivity index (χ3v) is 3.70. The zero-order valence-electron chi connectivity index (χ0n) is 14.0. The van der Waals surface area contributed by atoms with E-state index in [0.29, 0.717) is 28.1 Å². The van der Waals surface area contributed by atoms with E-state index in [2.05, 4.69) is 20.5 Å². The van der Waals surface area contributed by atoms with Crippen molar-refractivity contribution in [1.29, 1.82) is 0 Å². The van der Waals surface area contributed by atoms with Gasteiger partial charge in [-0.15, -0.1) is 5.10 Å². The Morgan fingerprint density at radius 3 is 2.36 bits per heavy atom. The number of guanidine groups is 1. The molecule has 0 saturated carbocycles. The van der Waals surface area contributed by atoms with Gasteiger partial charge in [0.15, 0.2) is 0 Å². The molecule has 0 aliphatic heterocycles. The van der Waals surface area contributed by atoms with Gasteiger partial charge in [0.05, 0.1) is 22.6 Å². The highest BCUT2D eigenvalue weighted by atomic mass is 35.5. The van der Waals surface area contributed by atoms with E-state index in [1.165, 1.54) is 6.21 Å². The third kappa shape index (κ3) is 6.57. The number of nitrogens with one attached hydrogen (secondary N) is 1. The summed E-state index contributed by atoms with van der Waals surface area (Å²) in [5.74, 6) is 0.386. The first-order chi connectivity index (χ1) is 12.1. The van der Waals surface area contributed by atoms with E-state index in [9.17, 15) is 0 Å². The average molecular weight is 376 g/mol. The van der Waals surface area contributed by atoms with E-state index in [1.54, 1.807) is 24.5 Å². The van der Waals surface area contributed by atoms with Gasteiger partial charge >= 0.3 is 0 Å². The fourth-order valence-corrected chi connectivity index (χ4v) is 2.32. The van der Waals surface area contributed by atoms with E-state index >= 15 is 0 Å². The molecule has 1 N–H and O–H groups in total. The van der Waals surface area contributed by atoms with Crippen molar-refractivity contribution in [3.63, 3.8) is 0 Å². The van der Waals surface area contributed by atoms with E-state index in [1.807, 2.05) is 49.3 Å².